The summed E-state index contributed by atoms with van der Waals surface area (Å²) in [5, 5.41) is 3.29. The van der Waals surface area contributed by atoms with Gasteiger partial charge < -0.3 is 19.2 Å². The number of nitrogens with one attached hydrogen (secondary N) is 1. The number of carbonyl (C=O) groups excluding carboxylic acids is 3. The number of urea groups is 1. The third kappa shape index (κ3) is 3.41. The van der Waals surface area contributed by atoms with E-state index in [9.17, 15) is 14.4 Å². The molecule has 1 aromatic heterocycles. The molecule has 0 bridgehead atoms. The minimum absolute atomic E-state index is 0.00479. The largest absolute Gasteiger partial charge is 0.449 e. The molecule has 1 aliphatic heterocycles. The molecule has 2 aromatic rings. The number of para-hydroxylation sites is 1. The van der Waals surface area contributed by atoms with Gasteiger partial charge in [0.15, 0.2) is 6.10 Å². The molecule has 1 aromatic carbocycles. The highest BCUT2D eigenvalue weighted by Gasteiger charge is 2.33. The van der Waals surface area contributed by atoms with Gasteiger partial charge >= 0.3 is 12.0 Å². The Morgan fingerprint density at radius 2 is 2.12 bits per heavy atom. The summed E-state index contributed by atoms with van der Waals surface area (Å²) in [5.41, 5.74) is 1.11. The van der Waals surface area contributed by atoms with Crippen LogP contribution >= 0.6 is 0 Å². The zero-order valence-corrected chi connectivity index (χ0v) is 14.6. The molecule has 1 N–H and O–H groups in total. The molecule has 26 heavy (non-hydrogen) atoms. The van der Waals surface area contributed by atoms with E-state index in [1.807, 2.05) is 19.1 Å². The molecule has 138 valence electrons. The van der Waals surface area contributed by atoms with Crippen LogP contribution in [0.1, 0.15) is 30.0 Å². The van der Waals surface area contributed by atoms with Crippen LogP contribution in [0.3, 0.4) is 0 Å². The molecule has 1 saturated heterocycles. The number of ether oxygens (including phenoxy) is 2. The minimum Gasteiger partial charge on any atom is -0.449 e. The van der Waals surface area contributed by atoms with Crippen LogP contribution in [0.15, 0.2) is 28.7 Å². The van der Waals surface area contributed by atoms with Gasteiger partial charge in [0.2, 0.25) is 5.76 Å². The Morgan fingerprint density at radius 3 is 2.81 bits per heavy atom. The molecule has 1 fully saturated rings. The van der Waals surface area contributed by atoms with Crippen molar-refractivity contribution < 1.29 is 28.3 Å². The van der Waals surface area contributed by atoms with E-state index in [-0.39, 0.29) is 18.9 Å². The minimum atomic E-state index is -1.11. The highest BCUT2D eigenvalue weighted by molar-refractivity contribution is 6.00. The molecule has 0 spiro atoms. The van der Waals surface area contributed by atoms with Gasteiger partial charge in [-0.05, 0) is 19.9 Å². The number of amides is 3. The van der Waals surface area contributed by atoms with Crippen molar-refractivity contribution in [3.63, 3.8) is 0 Å². The quantitative estimate of drug-likeness (QED) is 0.792. The molecule has 2 heterocycles. The molecule has 3 amide bonds. The molecule has 0 aliphatic carbocycles. The molecule has 0 saturated carbocycles. The van der Waals surface area contributed by atoms with Crippen molar-refractivity contribution in [1.82, 2.24) is 10.2 Å². The first-order chi connectivity index (χ1) is 12.5. The van der Waals surface area contributed by atoms with E-state index in [1.165, 1.54) is 6.92 Å². The van der Waals surface area contributed by atoms with Gasteiger partial charge in [0.1, 0.15) is 5.58 Å². The zero-order valence-electron chi connectivity index (χ0n) is 14.6. The van der Waals surface area contributed by atoms with Gasteiger partial charge in [0.25, 0.3) is 5.91 Å². The monoisotopic (exact) mass is 360 g/mol. The zero-order chi connectivity index (χ0) is 18.7. The van der Waals surface area contributed by atoms with Crippen LogP contribution < -0.4 is 5.32 Å². The number of rotatable bonds is 6. The number of nitrogens with zero attached hydrogens (tertiary/aromatic N) is 1. The first kappa shape index (κ1) is 17.9. The van der Waals surface area contributed by atoms with Crippen molar-refractivity contribution in [1.29, 1.82) is 0 Å². The Labute approximate surface area is 150 Å². The van der Waals surface area contributed by atoms with E-state index in [4.69, 9.17) is 13.9 Å². The Morgan fingerprint density at radius 1 is 1.35 bits per heavy atom. The van der Waals surface area contributed by atoms with E-state index < -0.39 is 24.0 Å². The number of carbonyl (C=O) groups is 3. The summed E-state index contributed by atoms with van der Waals surface area (Å²) >= 11 is 0. The topological polar surface area (TPSA) is 98.1 Å². The van der Waals surface area contributed by atoms with Gasteiger partial charge in [-0.3, -0.25) is 9.69 Å². The predicted octanol–water partition coefficient (Wildman–Crippen LogP) is 2.07. The average Bonchev–Trinajstić information content (AvgIpc) is 3.22. The fourth-order valence-corrected chi connectivity index (χ4v) is 2.78. The van der Waals surface area contributed by atoms with Crippen LogP contribution in [0, 0.1) is 0 Å². The van der Waals surface area contributed by atoms with E-state index in [2.05, 4.69) is 5.32 Å². The Balaban J connectivity index is 1.80. The number of fused-ring (bicyclic) bond motifs is 1. The summed E-state index contributed by atoms with van der Waals surface area (Å²) < 4.78 is 16.3. The van der Waals surface area contributed by atoms with Crippen molar-refractivity contribution in [2.24, 2.45) is 0 Å². The van der Waals surface area contributed by atoms with E-state index in [0.717, 1.165) is 10.3 Å². The molecule has 1 atom stereocenters. The lowest BCUT2D eigenvalue weighted by atomic mass is 10.1. The van der Waals surface area contributed by atoms with Crippen molar-refractivity contribution in [2.45, 2.75) is 26.6 Å². The molecule has 0 unspecified atom stereocenters. The maximum absolute atomic E-state index is 12.6. The highest BCUT2D eigenvalue weighted by atomic mass is 16.6. The molecular weight excluding hydrogens is 340 g/mol. The van der Waals surface area contributed by atoms with Gasteiger partial charge in [-0.15, -0.1) is 0 Å². The fraction of sp³-hybridized carbons (Fsp3) is 0.389. The number of esters is 1. The molecule has 0 radical (unpaired) electrons. The third-order valence-corrected chi connectivity index (χ3v) is 4.09. The summed E-state index contributed by atoms with van der Waals surface area (Å²) in [6.45, 7) is 4.58. The van der Waals surface area contributed by atoms with Gasteiger partial charge in [-0.25, -0.2) is 9.59 Å². The number of imide groups is 1. The van der Waals surface area contributed by atoms with Gasteiger partial charge in [0, 0.05) is 30.6 Å². The van der Waals surface area contributed by atoms with Gasteiger partial charge in [-0.1, -0.05) is 18.2 Å². The standard InChI is InChI=1S/C18H20N2O6/c1-3-24-10-13-12-6-4-5-7-14(12)26-15(13)17(22)25-11(2)16(21)20-9-8-19-18(20)23/h4-7,11H,3,8-10H2,1-2H3,(H,19,23)/t11-/m0/s1. The summed E-state index contributed by atoms with van der Waals surface area (Å²) in [7, 11) is 0. The number of benzene rings is 1. The maximum Gasteiger partial charge on any atom is 0.375 e. The van der Waals surface area contributed by atoms with Crippen molar-refractivity contribution in [3.8, 4) is 0 Å². The van der Waals surface area contributed by atoms with E-state index in [1.54, 1.807) is 12.1 Å². The van der Waals surface area contributed by atoms with Crippen LogP contribution in [0.2, 0.25) is 0 Å². The Bertz CT molecular complexity index is 843. The lowest BCUT2D eigenvalue weighted by molar-refractivity contribution is -0.136. The van der Waals surface area contributed by atoms with Crippen LogP contribution in [0.5, 0.6) is 0 Å². The molecule has 3 rings (SSSR count). The van der Waals surface area contributed by atoms with Crippen molar-refractivity contribution in [2.75, 3.05) is 19.7 Å². The van der Waals surface area contributed by atoms with Crippen LogP contribution in [-0.4, -0.2) is 48.6 Å². The van der Waals surface area contributed by atoms with Crippen LogP contribution in [0.25, 0.3) is 11.0 Å². The number of hydrogen-bond donors (Lipinski definition) is 1. The normalized spacial score (nSPS) is 15.2. The van der Waals surface area contributed by atoms with Crippen molar-refractivity contribution >= 4 is 28.9 Å². The van der Waals surface area contributed by atoms with Gasteiger partial charge in [0.05, 0.1) is 6.61 Å². The second kappa shape index (κ2) is 7.57. The SMILES string of the molecule is CCOCc1c(C(=O)O[C@@H](C)C(=O)N2CCNC2=O)oc2ccccc12. The maximum atomic E-state index is 12.6. The smallest absolute Gasteiger partial charge is 0.375 e. The average molecular weight is 360 g/mol. The molecule has 1 aliphatic rings. The molecule has 8 heteroatoms. The highest BCUT2D eigenvalue weighted by Crippen LogP contribution is 2.27. The lowest BCUT2D eigenvalue weighted by Gasteiger charge is -2.17. The molecule has 8 nitrogen and oxygen atoms in total. The summed E-state index contributed by atoms with van der Waals surface area (Å²) in [4.78, 5) is 37.5. The fourth-order valence-electron chi connectivity index (χ4n) is 2.78. The number of hydrogen-bond acceptors (Lipinski definition) is 6. The lowest BCUT2D eigenvalue weighted by Crippen LogP contribution is -2.41. The Kier molecular flexibility index (Phi) is 5.22. The second-order valence-corrected chi connectivity index (χ2v) is 5.81. The van der Waals surface area contributed by atoms with Crippen LogP contribution in [0.4, 0.5) is 4.79 Å². The second-order valence-electron chi connectivity index (χ2n) is 5.81. The predicted molar refractivity (Wildman–Crippen MR) is 91.5 cm³/mol. The summed E-state index contributed by atoms with van der Waals surface area (Å²) in [5.74, 6) is -1.34. The van der Waals surface area contributed by atoms with Crippen molar-refractivity contribution in [3.05, 3.63) is 35.6 Å². The summed E-state index contributed by atoms with van der Waals surface area (Å²) in [6, 6.07) is 6.71. The third-order valence-electron chi connectivity index (χ3n) is 4.09. The van der Waals surface area contributed by atoms with Gasteiger partial charge in [-0.2, -0.15) is 0 Å². The first-order valence-corrected chi connectivity index (χ1v) is 8.41. The van der Waals surface area contributed by atoms with E-state index in [0.29, 0.717) is 24.3 Å². The van der Waals surface area contributed by atoms with Crippen LogP contribution in [-0.2, 0) is 20.9 Å². The number of furan rings is 1. The summed E-state index contributed by atoms with van der Waals surface area (Å²) in [6.07, 6.45) is -1.11. The van der Waals surface area contributed by atoms with E-state index >= 15 is 0 Å². The molecular formula is C18H20N2O6. The Hall–Kier alpha value is -2.87. The first-order valence-electron chi connectivity index (χ1n) is 8.41.